The molecule has 5 rings (SSSR count). The van der Waals surface area contributed by atoms with E-state index in [4.69, 9.17) is 0 Å². The number of carbonyl (C=O) groups excluding carboxylic acids is 1. The summed E-state index contributed by atoms with van der Waals surface area (Å²) in [6, 6.07) is 3.85. The van der Waals surface area contributed by atoms with Gasteiger partial charge in [-0.1, -0.05) is 0 Å². The minimum absolute atomic E-state index is 0.130. The number of thiophene rings is 1. The molecule has 146 valence electrons. The van der Waals surface area contributed by atoms with Gasteiger partial charge in [-0.05, 0) is 19.3 Å². The van der Waals surface area contributed by atoms with Crippen LogP contribution in [-0.2, 0) is 0 Å². The van der Waals surface area contributed by atoms with Crippen LogP contribution in [0.4, 0.5) is 10.8 Å². The molecule has 3 aromatic rings. The number of hydrogen-bond acceptors (Lipinski definition) is 6. The number of allylic oxidation sites excluding steroid dienone is 1. The molecule has 0 bridgehead atoms. The van der Waals surface area contributed by atoms with E-state index < -0.39 is 21.4 Å². The third kappa shape index (κ3) is 3.71. The number of nitrogens with one attached hydrogen (secondary N) is 1. The van der Waals surface area contributed by atoms with Crippen molar-refractivity contribution in [1.29, 1.82) is 0 Å². The number of nitrogens with zero attached hydrogens (tertiary/aromatic N) is 5. The van der Waals surface area contributed by atoms with Crippen molar-refractivity contribution in [3.8, 4) is 0 Å². The molecule has 0 spiro atoms. The van der Waals surface area contributed by atoms with Crippen LogP contribution in [0, 0.1) is 6.92 Å². The Hall–Kier alpha value is -2.20. The zero-order chi connectivity index (χ0) is 19.8. The van der Waals surface area contributed by atoms with E-state index in [0.29, 0.717) is 5.82 Å². The Bertz CT molecular complexity index is 1140. The van der Waals surface area contributed by atoms with Crippen molar-refractivity contribution >= 4 is 66.9 Å². The Morgan fingerprint density at radius 2 is 2.10 bits per heavy atom. The van der Waals surface area contributed by atoms with Crippen molar-refractivity contribution in [2.24, 2.45) is 3.21 Å². The summed E-state index contributed by atoms with van der Waals surface area (Å²) in [4.78, 5) is 24.7. The molecule has 1 fully saturated rings. The minimum atomic E-state index is -0.737. The van der Waals surface area contributed by atoms with Crippen molar-refractivity contribution < 1.29 is 4.79 Å². The summed E-state index contributed by atoms with van der Waals surface area (Å²) in [5, 5.41) is 4.27. The molecule has 2 radical (unpaired) electrons. The van der Waals surface area contributed by atoms with E-state index >= 15 is 0 Å². The normalized spacial score (nSPS) is 16.4. The first kappa shape index (κ1) is 18.8. The van der Waals surface area contributed by atoms with Crippen LogP contribution in [0.25, 0.3) is 11.2 Å². The molecular weight excluding hydrogens is 491 g/mol. The van der Waals surface area contributed by atoms with Gasteiger partial charge < -0.3 is 0 Å². The monoisotopic (exact) mass is 512 g/mol. The first-order valence-electron chi connectivity index (χ1n) is 9.69. The van der Waals surface area contributed by atoms with E-state index in [2.05, 4.69) is 27.0 Å². The Balaban J connectivity index is 1.43. The SMILES string of the molecule is Cc1cn2c(C3=[CH][Sn][N]=C3)cnc2c(Nc2ccc(C(=O)N3CCCCC3)s2)n1. The number of rotatable bonds is 4. The zero-order valence-corrected chi connectivity index (χ0v) is 19.7. The second-order valence-electron chi connectivity index (χ2n) is 7.20. The first-order valence-corrected chi connectivity index (χ1v) is 13.4. The van der Waals surface area contributed by atoms with Crippen molar-refractivity contribution in [2.45, 2.75) is 26.2 Å². The fraction of sp³-hybridized carbons (Fsp3) is 0.300. The average Bonchev–Trinajstić information content (AvgIpc) is 3.48. The number of hydrogen-bond donors (Lipinski definition) is 1. The van der Waals surface area contributed by atoms with Gasteiger partial charge in [0.2, 0.25) is 0 Å². The van der Waals surface area contributed by atoms with E-state index in [0.717, 1.165) is 58.4 Å². The van der Waals surface area contributed by atoms with Gasteiger partial charge in [0.1, 0.15) is 0 Å². The maximum absolute atomic E-state index is 12.7. The molecule has 0 aromatic carbocycles. The number of imidazole rings is 1. The number of amides is 1. The quantitative estimate of drug-likeness (QED) is 0.545. The van der Waals surface area contributed by atoms with Crippen molar-refractivity contribution in [2.75, 3.05) is 18.4 Å². The van der Waals surface area contributed by atoms with E-state index in [1.165, 1.54) is 17.8 Å². The number of likely N-dealkylation sites (tertiary alicyclic amines) is 1. The average molecular weight is 511 g/mol. The van der Waals surface area contributed by atoms with E-state index in [9.17, 15) is 4.79 Å². The number of piperidine rings is 1. The van der Waals surface area contributed by atoms with Gasteiger partial charge in [-0.25, -0.2) is 0 Å². The predicted octanol–water partition coefficient (Wildman–Crippen LogP) is 3.51. The molecular formula is C20H20N6OSSn. The van der Waals surface area contributed by atoms with Crippen LogP contribution < -0.4 is 5.32 Å². The van der Waals surface area contributed by atoms with Gasteiger partial charge in [0.05, 0.1) is 0 Å². The van der Waals surface area contributed by atoms with Gasteiger partial charge in [-0.15, -0.1) is 0 Å². The predicted molar refractivity (Wildman–Crippen MR) is 117 cm³/mol. The molecule has 7 nitrogen and oxygen atoms in total. The number of carbonyl (C=O) groups is 1. The first-order chi connectivity index (χ1) is 14.2. The third-order valence-corrected chi connectivity index (χ3v) is 8.15. The Labute approximate surface area is 183 Å². The second-order valence-corrected chi connectivity index (χ2v) is 10.6. The molecule has 2 aliphatic rings. The molecule has 0 atom stereocenters. The molecule has 0 aliphatic carbocycles. The fourth-order valence-corrected chi connectivity index (χ4v) is 6.41. The number of anilines is 2. The summed E-state index contributed by atoms with van der Waals surface area (Å²) in [6.07, 6.45) is 9.24. The van der Waals surface area contributed by atoms with Crippen LogP contribution >= 0.6 is 11.3 Å². The summed E-state index contributed by atoms with van der Waals surface area (Å²) in [5.41, 5.74) is 3.86. The van der Waals surface area contributed by atoms with E-state index in [1.54, 1.807) is 0 Å². The summed E-state index contributed by atoms with van der Waals surface area (Å²) in [6.45, 7) is 3.69. The van der Waals surface area contributed by atoms with Crippen LogP contribution in [-0.4, -0.2) is 65.9 Å². The Morgan fingerprint density at radius 1 is 1.24 bits per heavy atom. The molecule has 2 aliphatic heterocycles. The molecule has 1 N–H and O–H groups in total. The molecule has 3 aromatic heterocycles. The topological polar surface area (TPSA) is 74.9 Å². The van der Waals surface area contributed by atoms with Crippen LogP contribution in [0.15, 0.2) is 31.8 Å². The number of fused-ring (bicyclic) bond motifs is 1. The van der Waals surface area contributed by atoms with Crippen LogP contribution in [0.3, 0.4) is 0 Å². The molecule has 1 amide bonds. The molecule has 9 heteroatoms. The summed E-state index contributed by atoms with van der Waals surface area (Å²) in [7, 11) is 0. The summed E-state index contributed by atoms with van der Waals surface area (Å²) >= 11 is 0.734. The van der Waals surface area contributed by atoms with Crippen molar-refractivity contribution in [1.82, 2.24) is 19.3 Å². The molecule has 0 saturated carbocycles. The van der Waals surface area contributed by atoms with Crippen molar-refractivity contribution in [3.63, 3.8) is 0 Å². The zero-order valence-electron chi connectivity index (χ0n) is 16.1. The van der Waals surface area contributed by atoms with Gasteiger partial charge >= 0.3 is 151 Å². The standard InChI is InChI=1S/C20H20N6OS.Sn/c1-13(10-21)15-11-22-19-18(23-14(2)12-26(15)19)24-17-7-6-16(28-17)20(27)25-8-4-3-5-9-25;/h1,6-7,10-12H,3-5,8-9H2,2H3,(H,23,24);/q-1;+1. The van der Waals surface area contributed by atoms with Crippen LogP contribution in [0.1, 0.15) is 40.3 Å². The third-order valence-electron chi connectivity index (χ3n) is 5.11. The second kappa shape index (κ2) is 7.91. The molecule has 5 heterocycles. The summed E-state index contributed by atoms with van der Waals surface area (Å²) in [5.74, 6) is 0.830. The molecule has 1 saturated heterocycles. The van der Waals surface area contributed by atoms with Gasteiger partial charge in [0, 0.05) is 13.1 Å². The van der Waals surface area contributed by atoms with E-state index in [1.807, 2.05) is 42.6 Å². The molecule has 0 unspecified atom stereocenters. The Kier molecular flexibility index (Phi) is 5.13. The number of aromatic nitrogens is 3. The summed E-state index contributed by atoms with van der Waals surface area (Å²) < 4.78 is 8.77. The van der Waals surface area contributed by atoms with Crippen LogP contribution in [0.2, 0.25) is 0 Å². The van der Waals surface area contributed by atoms with Gasteiger partial charge in [0.25, 0.3) is 0 Å². The van der Waals surface area contributed by atoms with Gasteiger partial charge in [0.15, 0.2) is 0 Å². The Morgan fingerprint density at radius 3 is 2.90 bits per heavy atom. The van der Waals surface area contributed by atoms with Gasteiger partial charge in [-0.3, -0.25) is 0 Å². The van der Waals surface area contributed by atoms with Crippen molar-refractivity contribution in [3.05, 3.63) is 44.9 Å². The van der Waals surface area contributed by atoms with E-state index in [-0.39, 0.29) is 5.91 Å². The fourth-order valence-electron chi connectivity index (χ4n) is 3.69. The van der Waals surface area contributed by atoms with Crippen LogP contribution in [0.5, 0.6) is 0 Å². The number of aryl methyl sites for hydroxylation is 1. The molecule has 29 heavy (non-hydrogen) atoms. The van der Waals surface area contributed by atoms with Gasteiger partial charge in [-0.2, -0.15) is 0 Å². The maximum atomic E-state index is 12.7.